The third-order valence-electron chi connectivity index (χ3n) is 2.72. The number of carbonyl (C=O) groups is 1. The van der Waals surface area contributed by atoms with Gasteiger partial charge in [0.2, 0.25) is 0 Å². The molecule has 104 valence electrons. The summed E-state index contributed by atoms with van der Waals surface area (Å²) in [6.07, 6.45) is 0. The number of hydrogen-bond donors (Lipinski definition) is 2. The Balaban J connectivity index is 2.17. The van der Waals surface area contributed by atoms with Crippen LogP contribution in [0, 0.1) is 5.82 Å². The monoisotopic (exact) mass is 356 g/mol. The van der Waals surface area contributed by atoms with E-state index in [1.54, 1.807) is 12.1 Å². The van der Waals surface area contributed by atoms with Crippen LogP contribution < -0.4 is 11.1 Å². The molecule has 0 aliphatic heterocycles. The zero-order valence-electron chi connectivity index (χ0n) is 10.3. The van der Waals surface area contributed by atoms with Gasteiger partial charge in [0.25, 0.3) is 5.91 Å². The summed E-state index contributed by atoms with van der Waals surface area (Å²) < 4.78 is 14.3. The molecule has 0 unspecified atom stereocenters. The van der Waals surface area contributed by atoms with Crippen molar-refractivity contribution in [3.63, 3.8) is 0 Å². The number of amides is 1. The number of anilines is 1. The van der Waals surface area contributed by atoms with E-state index >= 15 is 0 Å². The lowest BCUT2D eigenvalue weighted by atomic mass is 10.1. The topological polar surface area (TPSA) is 55.1 Å². The van der Waals surface area contributed by atoms with Gasteiger partial charge in [-0.15, -0.1) is 0 Å². The zero-order chi connectivity index (χ0) is 14.7. The van der Waals surface area contributed by atoms with Crippen LogP contribution in [0.4, 0.5) is 10.1 Å². The number of halogens is 3. The quantitative estimate of drug-likeness (QED) is 0.870. The van der Waals surface area contributed by atoms with E-state index in [-0.39, 0.29) is 5.56 Å². The Morgan fingerprint density at radius 1 is 1.30 bits per heavy atom. The summed E-state index contributed by atoms with van der Waals surface area (Å²) in [5, 5.41) is 3.72. The average molecular weight is 358 g/mol. The summed E-state index contributed by atoms with van der Waals surface area (Å²) in [6.45, 7) is 0.477. The first-order valence-corrected chi connectivity index (χ1v) is 6.91. The second-order valence-corrected chi connectivity index (χ2v) is 5.44. The number of carbonyl (C=O) groups excluding carboxylic acids is 1. The Kier molecular flexibility index (Phi) is 4.62. The lowest BCUT2D eigenvalue weighted by Gasteiger charge is -2.10. The molecule has 3 nitrogen and oxygen atoms in total. The number of hydrogen-bond acceptors (Lipinski definition) is 2. The van der Waals surface area contributed by atoms with Gasteiger partial charge in [-0.25, -0.2) is 4.39 Å². The normalized spacial score (nSPS) is 10.3. The highest BCUT2D eigenvalue weighted by Crippen LogP contribution is 2.23. The van der Waals surface area contributed by atoms with Crippen LogP contribution in [0.2, 0.25) is 5.02 Å². The second kappa shape index (κ2) is 6.24. The van der Waals surface area contributed by atoms with Crippen molar-refractivity contribution >= 4 is 39.1 Å². The van der Waals surface area contributed by atoms with Crippen molar-refractivity contribution < 1.29 is 9.18 Å². The molecular weight excluding hydrogens is 347 g/mol. The standard InChI is InChI=1S/C14H11BrClFN2O/c15-12-3-1-9(16)5-8(12)7-19-10-2-4-13(17)11(6-10)14(18)20/h1-6,19H,7H2,(H2,18,20). The minimum atomic E-state index is -0.796. The number of nitrogens with two attached hydrogens (primary N) is 1. The number of rotatable bonds is 4. The van der Waals surface area contributed by atoms with E-state index in [0.717, 1.165) is 10.0 Å². The van der Waals surface area contributed by atoms with Gasteiger partial charge >= 0.3 is 0 Å². The average Bonchev–Trinajstić information content (AvgIpc) is 2.41. The first-order valence-electron chi connectivity index (χ1n) is 5.74. The minimum Gasteiger partial charge on any atom is -0.381 e. The Hall–Kier alpha value is -1.59. The van der Waals surface area contributed by atoms with E-state index in [9.17, 15) is 9.18 Å². The predicted octanol–water partition coefficient (Wildman–Crippen LogP) is 3.95. The molecule has 0 spiro atoms. The number of benzene rings is 2. The van der Waals surface area contributed by atoms with Gasteiger partial charge in [0.05, 0.1) is 5.56 Å². The van der Waals surface area contributed by atoms with Crippen LogP contribution in [-0.4, -0.2) is 5.91 Å². The van der Waals surface area contributed by atoms with Gasteiger partial charge in [-0.2, -0.15) is 0 Å². The summed E-state index contributed by atoms with van der Waals surface area (Å²) >= 11 is 9.35. The van der Waals surface area contributed by atoms with Gasteiger partial charge in [0.1, 0.15) is 5.82 Å². The van der Waals surface area contributed by atoms with Crippen LogP contribution >= 0.6 is 27.5 Å². The van der Waals surface area contributed by atoms with Gasteiger partial charge in [-0.1, -0.05) is 27.5 Å². The molecule has 0 atom stereocenters. The summed E-state index contributed by atoms with van der Waals surface area (Å²) in [7, 11) is 0. The Morgan fingerprint density at radius 3 is 2.75 bits per heavy atom. The molecule has 2 aromatic carbocycles. The predicted molar refractivity (Wildman–Crippen MR) is 81.4 cm³/mol. The smallest absolute Gasteiger partial charge is 0.251 e. The van der Waals surface area contributed by atoms with Crippen LogP contribution in [0.15, 0.2) is 40.9 Å². The Labute approximate surface area is 129 Å². The lowest BCUT2D eigenvalue weighted by Crippen LogP contribution is -2.13. The molecule has 6 heteroatoms. The molecule has 0 radical (unpaired) electrons. The fourth-order valence-electron chi connectivity index (χ4n) is 1.70. The maximum Gasteiger partial charge on any atom is 0.251 e. The molecule has 3 N–H and O–H groups in total. The van der Waals surface area contributed by atoms with Gasteiger partial charge in [0.15, 0.2) is 0 Å². The van der Waals surface area contributed by atoms with Gasteiger partial charge in [0, 0.05) is 21.7 Å². The Morgan fingerprint density at radius 2 is 2.05 bits per heavy atom. The third-order valence-corrected chi connectivity index (χ3v) is 3.73. The molecule has 0 heterocycles. The van der Waals surface area contributed by atoms with Crippen molar-refractivity contribution in [3.05, 3.63) is 62.8 Å². The van der Waals surface area contributed by atoms with Crippen LogP contribution in [0.25, 0.3) is 0 Å². The summed E-state index contributed by atoms with van der Waals surface area (Å²) in [5.74, 6) is -1.43. The van der Waals surface area contributed by atoms with Crippen LogP contribution in [0.1, 0.15) is 15.9 Å². The van der Waals surface area contributed by atoms with Crippen molar-refractivity contribution in [2.45, 2.75) is 6.54 Å². The van der Waals surface area contributed by atoms with E-state index in [1.165, 1.54) is 12.1 Å². The fraction of sp³-hybridized carbons (Fsp3) is 0.0714. The van der Waals surface area contributed by atoms with E-state index < -0.39 is 11.7 Å². The SMILES string of the molecule is NC(=O)c1cc(NCc2cc(Cl)ccc2Br)ccc1F. The third kappa shape index (κ3) is 3.49. The van der Waals surface area contributed by atoms with Crippen LogP contribution in [0.5, 0.6) is 0 Å². The first-order chi connectivity index (χ1) is 9.47. The molecule has 0 aliphatic rings. The first kappa shape index (κ1) is 14.8. The van der Waals surface area contributed by atoms with Crippen molar-refractivity contribution in [2.24, 2.45) is 5.73 Å². The molecule has 0 saturated carbocycles. The number of primary amides is 1. The van der Waals surface area contributed by atoms with E-state index in [0.29, 0.717) is 17.3 Å². The molecule has 0 bridgehead atoms. The highest BCUT2D eigenvalue weighted by Gasteiger charge is 2.09. The molecule has 0 aromatic heterocycles. The molecule has 20 heavy (non-hydrogen) atoms. The molecule has 0 aliphatic carbocycles. The van der Waals surface area contributed by atoms with Gasteiger partial charge in [-0.3, -0.25) is 4.79 Å². The molecule has 0 fully saturated rings. The molecule has 2 aromatic rings. The van der Waals surface area contributed by atoms with Gasteiger partial charge < -0.3 is 11.1 Å². The van der Waals surface area contributed by atoms with Gasteiger partial charge in [-0.05, 0) is 42.0 Å². The summed E-state index contributed by atoms with van der Waals surface area (Å²) in [4.78, 5) is 11.1. The molecule has 0 saturated heterocycles. The van der Waals surface area contributed by atoms with Crippen LogP contribution in [-0.2, 0) is 6.54 Å². The molecular formula is C14H11BrClFN2O. The second-order valence-electron chi connectivity index (χ2n) is 4.15. The van der Waals surface area contributed by atoms with Crippen molar-refractivity contribution in [2.75, 3.05) is 5.32 Å². The van der Waals surface area contributed by atoms with Crippen LogP contribution in [0.3, 0.4) is 0 Å². The Bertz CT molecular complexity index is 664. The largest absolute Gasteiger partial charge is 0.381 e. The summed E-state index contributed by atoms with van der Waals surface area (Å²) in [5.41, 5.74) is 6.51. The fourth-order valence-corrected chi connectivity index (χ4v) is 2.28. The molecule has 2 rings (SSSR count). The van der Waals surface area contributed by atoms with Crippen molar-refractivity contribution in [1.29, 1.82) is 0 Å². The maximum atomic E-state index is 13.3. The van der Waals surface area contributed by atoms with E-state index in [1.807, 2.05) is 12.1 Å². The highest BCUT2D eigenvalue weighted by atomic mass is 79.9. The zero-order valence-corrected chi connectivity index (χ0v) is 12.6. The highest BCUT2D eigenvalue weighted by molar-refractivity contribution is 9.10. The minimum absolute atomic E-state index is 0.139. The number of nitrogens with one attached hydrogen (secondary N) is 1. The van der Waals surface area contributed by atoms with Crippen molar-refractivity contribution in [1.82, 2.24) is 0 Å². The van der Waals surface area contributed by atoms with Crippen molar-refractivity contribution in [3.8, 4) is 0 Å². The van der Waals surface area contributed by atoms with E-state index in [4.69, 9.17) is 17.3 Å². The van der Waals surface area contributed by atoms with E-state index in [2.05, 4.69) is 21.2 Å². The maximum absolute atomic E-state index is 13.3. The lowest BCUT2D eigenvalue weighted by molar-refractivity contribution is 0.0996. The molecule has 1 amide bonds. The summed E-state index contributed by atoms with van der Waals surface area (Å²) in [6, 6.07) is 9.57.